The fourth-order valence-electron chi connectivity index (χ4n) is 5.17. The van der Waals surface area contributed by atoms with Crippen molar-refractivity contribution < 1.29 is 9.47 Å². The van der Waals surface area contributed by atoms with E-state index in [-0.39, 0.29) is 0 Å². The van der Waals surface area contributed by atoms with Gasteiger partial charge in [0.1, 0.15) is 0 Å². The molecule has 0 saturated heterocycles. The molecule has 1 aliphatic carbocycles. The Kier molecular flexibility index (Phi) is 6.96. The average molecular weight is 531 g/mol. The summed E-state index contributed by atoms with van der Waals surface area (Å²) in [5.74, 6) is 2.47. The van der Waals surface area contributed by atoms with Crippen LogP contribution in [-0.2, 0) is 0 Å². The molecule has 3 aromatic rings. The second kappa shape index (κ2) is 10.3. The minimum absolute atomic E-state index is 0.291. The van der Waals surface area contributed by atoms with Crippen molar-refractivity contribution >= 4 is 33.5 Å². The number of nitrogens with zero attached hydrogens (tertiary/aromatic N) is 1. The van der Waals surface area contributed by atoms with Crippen LogP contribution in [0.15, 0.2) is 76.2 Å². The average Bonchev–Trinajstić information content (AvgIpc) is 3.35. The predicted octanol–water partition coefficient (Wildman–Crippen LogP) is 8.13. The predicted molar refractivity (Wildman–Crippen MR) is 148 cm³/mol. The number of hydrogen-bond acceptors (Lipinski definition) is 4. The van der Waals surface area contributed by atoms with Crippen LogP contribution >= 0.6 is 15.9 Å². The second-order valence-corrected chi connectivity index (χ2v) is 9.97. The molecule has 1 heterocycles. The maximum atomic E-state index is 5.78. The van der Waals surface area contributed by atoms with Crippen molar-refractivity contribution in [3.8, 4) is 11.5 Å². The Bertz CT molecular complexity index is 1270. The first-order valence-electron chi connectivity index (χ1n) is 12.3. The monoisotopic (exact) mass is 530 g/mol. The van der Waals surface area contributed by atoms with E-state index in [1.54, 1.807) is 0 Å². The standard InChI is InChI=1S/C30H31BrN2O2/c1-4-34-28-17-20(16-26(31)30(28)35-5-2)18-32-22-12-10-21(11-13-22)29-24-8-6-7-23(24)25-15-19(3)9-14-27(25)33-29/h6-7,9-18,23-24,29,33H,4-5,8H2,1-3H3/t23-,24-,29-/m0/s1. The van der Waals surface area contributed by atoms with Crippen molar-refractivity contribution in [3.63, 3.8) is 0 Å². The Morgan fingerprint density at radius 1 is 1.03 bits per heavy atom. The molecular weight excluding hydrogens is 500 g/mol. The minimum Gasteiger partial charge on any atom is -0.490 e. The van der Waals surface area contributed by atoms with Gasteiger partial charge in [0.05, 0.1) is 29.4 Å². The van der Waals surface area contributed by atoms with Crippen molar-refractivity contribution in [1.82, 2.24) is 0 Å². The number of anilines is 1. The van der Waals surface area contributed by atoms with Crippen LogP contribution in [0, 0.1) is 12.8 Å². The molecule has 3 aromatic carbocycles. The van der Waals surface area contributed by atoms with Gasteiger partial charge in [-0.2, -0.15) is 0 Å². The molecule has 0 amide bonds. The number of benzene rings is 3. The van der Waals surface area contributed by atoms with E-state index in [1.165, 1.54) is 22.4 Å². The molecule has 4 nitrogen and oxygen atoms in total. The first-order chi connectivity index (χ1) is 17.1. The Morgan fingerprint density at radius 3 is 2.60 bits per heavy atom. The number of aliphatic imine (C=N–C) groups is 1. The molecule has 0 unspecified atom stereocenters. The summed E-state index contributed by atoms with van der Waals surface area (Å²) in [6.45, 7) is 7.26. The van der Waals surface area contributed by atoms with Crippen molar-refractivity contribution in [2.45, 2.75) is 39.2 Å². The molecule has 3 atom stereocenters. The largest absolute Gasteiger partial charge is 0.490 e. The van der Waals surface area contributed by atoms with E-state index in [4.69, 9.17) is 14.5 Å². The number of rotatable bonds is 7. The van der Waals surface area contributed by atoms with Gasteiger partial charge in [-0.1, -0.05) is 42.0 Å². The lowest BCUT2D eigenvalue weighted by atomic mass is 9.76. The van der Waals surface area contributed by atoms with Gasteiger partial charge in [-0.15, -0.1) is 0 Å². The number of ether oxygens (including phenoxy) is 2. The summed E-state index contributed by atoms with van der Waals surface area (Å²) in [5.41, 5.74) is 7.17. The lowest BCUT2D eigenvalue weighted by molar-refractivity contribution is 0.286. The molecule has 0 aromatic heterocycles. The number of hydrogen-bond donors (Lipinski definition) is 1. The molecule has 1 aliphatic heterocycles. The summed E-state index contributed by atoms with van der Waals surface area (Å²) in [6, 6.07) is 19.6. The first kappa shape index (κ1) is 23.7. The van der Waals surface area contributed by atoms with Crippen LogP contribution in [0.3, 0.4) is 0 Å². The van der Waals surface area contributed by atoms with Crippen LogP contribution in [0.4, 0.5) is 11.4 Å². The zero-order valence-electron chi connectivity index (χ0n) is 20.4. The molecule has 2 aliphatic rings. The molecule has 0 fully saturated rings. The highest BCUT2D eigenvalue weighted by Crippen LogP contribution is 2.50. The third-order valence-electron chi connectivity index (χ3n) is 6.75. The second-order valence-electron chi connectivity index (χ2n) is 9.11. The number of halogens is 1. The van der Waals surface area contributed by atoms with Gasteiger partial charge in [0.25, 0.3) is 0 Å². The molecule has 180 valence electrons. The van der Waals surface area contributed by atoms with Crippen LogP contribution in [0.2, 0.25) is 0 Å². The van der Waals surface area contributed by atoms with Crippen LogP contribution in [0.25, 0.3) is 0 Å². The number of nitrogens with one attached hydrogen (secondary N) is 1. The summed E-state index contributed by atoms with van der Waals surface area (Å²) < 4.78 is 12.4. The minimum atomic E-state index is 0.291. The smallest absolute Gasteiger partial charge is 0.175 e. The van der Waals surface area contributed by atoms with Gasteiger partial charge in [0.2, 0.25) is 0 Å². The van der Waals surface area contributed by atoms with Crippen molar-refractivity contribution in [1.29, 1.82) is 0 Å². The molecule has 1 N–H and O–H groups in total. The van der Waals surface area contributed by atoms with E-state index in [9.17, 15) is 0 Å². The Hall–Kier alpha value is -3.05. The Labute approximate surface area is 216 Å². The summed E-state index contributed by atoms with van der Waals surface area (Å²) >= 11 is 3.61. The van der Waals surface area contributed by atoms with E-state index in [0.717, 1.165) is 33.6 Å². The molecule has 5 rings (SSSR count). The van der Waals surface area contributed by atoms with Crippen molar-refractivity contribution in [3.05, 3.63) is 93.5 Å². The van der Waals surface area contributed by atoms with E-state index < -0.39 is 0 Å². The van der Waals surface area contributed by atoms with Gasteiger partial charge >= 0.3 is 0 Å². The summed E-state index contributed by atoms with van der Waals surface area (Å²) in [4.78, 5) is 4.72. The Morgan fingerprint density at radius 2 is 1.83 bits per heavy atom. The van der Waals surface area contributed by atoms with E-state index >= 15 is 0 Å². The van der Waals surface area contributed by atoms with Gasteiger partial charge in [0, 0.05) is 17.8 Å². The molecule has 5 heteroatoms. The van der Waals surface area contributed by atoms with E-state index in [2.05, 4.69) is 82.8 Å². The highest BCUT2D eigenvalue weighted by Gasteiger charge is 2.37. The van der Waals surface area contributed by atoms with Crippen LogP contribution in [-0.4, -0.2) is 19.4 Å². The number of allylic oxidation sites excluding steroid dienone is 2. The summed E-state index contributed by atoms with van der Waals surface area (Å²) in [5, 5.41) is 3.82. The fourth-order valence-corrected chi connectivity index (χ4v) is 5.74. The molecule has 0 radical (unpaired) electrons. The van der Waals surface area contributed by atoms with Gasteiger partial charge in [-0.05, 0) is 96.1 Å². The fraction of sp³-hybridized carbons (Fsp3) is 0.300. The molecular formula is C30H31BrN2O2. The van der Waals surface area contributed by atoms with Crippen LogP contribution in [0.5, 0.6) is 11.5 Å². The number of fused-ring (bicyclic) bond motifs is 3. The molecule has 0 saturated carbocycles. The highest BCUT2D eigenvalue weighted by molar-refractivity contribution is 9.10. The van der Waals surface area contributed by atoms with Crippen LogP contribution < -0.4 is 14.8 Å². The zero-order chi connectivity index (χ0) is 24.4. The number of aryl methyl sites for hydroxylation is 1. The normalized spacial score (nSPS) is 20.4. The zero-order valence-corrected chi connectivity index (χ0v) is 22.0. The molecule has 0 bridgehead atoms. The maximum Gasteiger partial charge on any atom is 0.175 e. The topological polar surface area (TPSA) is 42.8 Å². The van der Waals surface area contributed by atoms with E-state index in [1.807, 2.05) is 32.2 Å². The maximum absolute atomic E-state index is 5.78. The molecule has 35 heavy (non-hydrogen) atoms. The first-order valence-corrected chi connectivity index (χ1v) is 13.1. The lowest BCUT2D eigenvalue weighted by Gasteiger charge is -2.37. The van der Waals surface area contributed by atoms with E-state index in [0.29, 0.717) is 31.1 Å². The quantitative estimate of drug-likeness (QED) is 0.247. The van der Waals surface area contributed by atoms with Gasteiger partial charge in [-0.3, -0.25) is 4.99 Å². The highest BCUT2D eigenvalue weighted by atomic mass is 79.9. The lowest BCUT2D eigenvalue weighted by Crippen LogP contribution is -2.29. The SMILES string of the molecule is CCOc1cc(C=Nc2ccc([C@@H]3Nc4ccc(C)cc4[C@H]4C=CC[C@@H]43)cc2)cc(Br)c1OCC. The summed E-state index contributed by atoms with van der Waals surface area (Å²) in [7, 11) is 0. The Balaban J connectivity index is 1.36. The molecule has 0 spiro atoms. The van der Waals surface area contributed by atoms with Crippen molar-refractivity contribution in [2.24, 2.45) is 10.9 Å². The third-order valence-corrected chi connectivity index (χ3v) is 7.34. The third kappa shape index (κ3) is 4.87. The van der Waals surface area contributed by atoms with Crippen LogP contribution in [0.1, 0.15) is 54.5 Å². The summed E-state index contributed by atoms with van der Waals surface area (Å²) in [6.07, 6.45) is 7.70. The van der Waals surface area contributed by atoms with Gasteiger partial charge in [-0.25, -0.2) is 0 Å². The van der Waals surface area contributed by atoms with Crippen molar-refractivity contribution in [2.75, 3.05) is 18.5 Å². The van der Waals surface area contributed by atoms with Gasteiger partial charge in [0.15, 0.2) is 11.5 Å². The van der Waals surface area contributed by atoms with Gasteiger partial charge < -0.3 is 14.8 Å².